The van der Waals surface area contributed by atoms with Gasteiger partial charge in [-0.25, -0.2) is 9.59 Å². The number of urea groups is 2. The largest absolute Gasteiger partial charge is 0.334 e. The number of carbonyl (C=O) groups excluding carboxylic acids is 2. The number of benzene rings is 4. The Morgan fingerprint density at radius 3 is 1.31 bits per heavy atom. The summed E-state index contributed by atoms with van der Waals surface area (Å²) in [4.78, 5) is 24.8. The normalized spacial score (nSPS) is 10.4. The molecule has 4 rings (SSSR count). The highest BCUT2D eigenvalue weighted by Gasteiger charge is 2.10. The standard InChI is InChI=1S/C26H24N4O2/c31-25(27-17-19-9-3-1-4-10-19)29-23-15-7-14-22-21(23)13-8-16-24(22)30-26(32)28-18-20-11-5-2-6-12-20/h1-16H,17-18H2,(H2,27,29,31)(H2,28,30,32). The molecule has 0 atom stereocenters. The Bertz CT molecular complexity index is 1110. The molecule has 0 unspecified atom stereocenters. The van der Waals surface area contributed by atoms with E-state index in [1.165, 1.54) is 0 Å². The van der Waals surface area contributed by atoms with Crippen molar-refractivity contribution < 1.29 is 9.59 Å². The van der Waals surface area contributed by atoms with Gasteiger partial charge in [0.2, 0.25) is 0 Å². The van der Waals surface area contributed by atoms with E-state index in [0.717, 1.165) is 21.9 Å². The quantitative estimate of drug-likeness (QED) is 0.330. The van der Waals surface area contributed by atoms with Crippen LogP contribution in [0.15, 0.2) is 97.1 Å². The maximum Gasteiger partial charge on any atom is 0.319 e. The summed E-state index contributed by atoms with van der Waals surface area (Å²) in [6.07, 6.45) is 0. The molecule has 4 amide bonds. The molecule has 32 heavy (non-hydrogen) atoms. The van der Waals surface area contributed by atoms with E-state index in [-0.39, 0.29) is 12.1 Å². The van der Waals surface area contributed by atoms with Crippen LogP contribution < -0.4 is 21.3 Å². The van der Waals surface area contributed by atoms with E-state index in [4.69, 9.17) is 0 Å². The molecule has 0 saturated heterocycles. The molecule has 0 saturated carbocycles. The van der Waals surface area contributed by atoms with E-state index in [9.17, 15) is 9.59 Å². The molecule has 4 aromatic carbocycles. The van der Waals surface area contributed by atoms with Crippen molar-refractivity contribution in [1.29, 1.82) is 0 Å². The van der Waals surface area contributed by atoms with E-state index in [1.54, 1.807) is 0 Å². The Kier molecular flexibility index (Phi) is 6.63. The zero-order valence-corrected chi connectivity index (χ0v) is 17.5. The van der Waals surface area contributed by atoms with Gasteiger partial charge in [-0.15, -0.1) is 0 Å². The monoisotopic (exact) mass is 424 g/mol. The lowest BCUT2D eigenvalue weighted by molar-refractivity contribution is 0.251. The summed E-state index contributed by atoms with van der Waals surface area (Å²) in [5, 5.41) is 13.2. The molecule has 6 nitrogen and oxygen atoms in total. The van der Waals surface area contributed by atoms with Crippen LogP contribution in [0.3, 0.4) is 0 Å². The zero-order valence-electron chi connectivity index (χ0n) is 17.5. The molecule has 160 valence electrons. The topological polar surface area (TPSA) is 82.3 Å². The van der Waals surface area contributed by atoms with Crippen LogP contribution >= 0.6 is 0 Å². The summed E-state index contributed by atoms with van der Waals surface area (Å²) in [6.45, 7) is 0.873. The molecule has 4 aromatic rings. The van der Waals surface area contributed by atoms with E-state index < -0.39 is 0 Å². The minimum Gasteiger partial charge on any atom is -0.334 e. The third kappa shape index (κ3) is 5.43. The lowest BCUT2D eigenvalue weighted by Gasteiger charge is -2.14. The molecule has 0 bridgehead atoms. The maximum atomic E-state index is 12.4. The summed E-state index contributed by atoms with van der Waals surface area (Å²) >= 11 is 0. The summed E-state index contributed by atoms with van der Waals surface area (Å²) < 4.78 is 0. The number of anilines is 2. The van der Waals surface area contributed by atoms with Crippen molar-refractivity contribution in [3.8, 4) is 0 Å². The third-order valence-electron chi connectivity index (χ3n) is 5.01. The maximum absolute atomic E-state index is 12.4. The van der Waals surface area contributed by atoms with Crippen LogP contribution in [0.4, 0.5) is 21.0 Å². The lowest BCUT2D eigenvalue weighted by atomic mass is 10.1. The minimum absolute atomic E-state index is 0.291. The number of hydrogen-bond donors (Lipinski definition) is 4. The summed E-state index contributed by atoms with van der Waals surface area (Å²) in [7, 11) is 0. The predicted molar refractivity (Wildman–Crippen MR) is 129 cm³/mol. The molecular weight excluding hydrogens is 400 g/mol. The van der Waals surface area contributed by atoms with Crippen molar-refractivity contribution in [2.45, 2.75) is 13.1 Å². The second-order valence-electron chi connectivity index (χ2n) is 7.29. The first-order valence-corrected chi connectivity index (χ1v) is 10.4. The summed E-state index contributed by atoms with van der Waals surface area (Å²) in [5.41, 5.74) is 3.38. The molecule has 0 spiro atoms. The number of hydrogen-bond acceptors (Lipinski definition) is 2. The molecule has 6 heteroatoms. The Morgan fingerprint density at radius 2 is 0.906 bits per heavy atom. The Morgan fingerprint density at radius 1 is 0.500 bits per heavy atom. The van der Waals surface area contributed by atoms with E-state index in [0.29, 0.717) is 24.5 Å². The molecule has 0 fully saturated rings. The fraction of sp³-hybridized carbons (Fsp3) is 0.0769. The van der Waals surface area contributed by atoms with Gasteiger partial charge in [0, 0.05) is 23.9 Å². The summed E-state index contributed by atoms with van der Waals surface area (Å²) in [5.74, 6) is 0. The van der Waals surface area contributed by atoms with Crippen LogP contribution in [-0.4, -0.2) is 12.1 Å². The minimum atomic E-state index is -0.291. The molecule has 0 aliphatic carbocycles. The van der Waals surface area contributed by atoms with Gasteiger partial charge in [0.25, 0.3) is 0 Å². The van der Waals surface area contributed by atoms with Crippen molar-refractivity contribution in [3.05, 3.63) is 108 Å². The smallest absolute Gasteiger partial charge is 0.319 e. The van der Waals surface area contributed by atoms with Gasteiger partial charge >= 0.3 is 12.1 Å². The van der Waals surface area contributed by atoms with Crippen molar-refractivity contribution in [1.82, 2.24) is 10.6 Å². The third-order valence-corrected chi connectivity index (χ3v) is 5.01. The first kappa shape index (κ1) is 20.9. The van der Waals surface area contributed by atoms with Gasteiger partial charge in [0.05, 0.1) is 11.4 Å². The molecule has 0 aliphatic rings. The van der Waals surface area contributed by atoms with Crippen LogP contribution in [0.2, 0.25) is 0 Å². The Labute approximate surface area is 186 Å². The number of fused-ring (bicyclic) bond motifs is 1. The second-order valence-corrected chi connectivity index (χ2v) is 7.29. The van der Waals surface area contributed by atoms with Crippen molar-refractivity contribution in [3.63, 3.8) is 0 Å². The molecule has 0 aliphatic heterocycles. The van der Waals surface area contributed by atoms with E-state index in [2.05, 4.69) is 21.3 Å². The van der Waals surface area contributed by atoms with E-state index >= 15 is 0 Å². The number of nitrogens with one attached hydrogen (secondary N) is 4. The van der Waals surface area contributed by atoms with Crippen molar-refractivity contribution in [2.24, 2.45) is 0 Å². The van der Waals surface area contributed by atoms with Crippen LogP contribution in [0.5, 0.6) is 0 Å². The Balaban J connectivity index is 1.42. The van der Waals surface area contributed by atoms with Gasteiger partial charge in [-0.2, -0.15) is 0 Å². The van der Waals surface area contributed by atoms with Gasteiger partial charge < -0.3 is 21.3 Å². The highest BCUT2D eigenvalue weighted by atomic mass is 16.2. The van der Waals surface area contributed by atoms with Crippen LogP contribution in [0, 0.1) is 0 Å². The molecule has 0 heterocycles. The molecule has 0 radical (unpaired) electrons. The van der Waals surface area contributed by atoms with Crippen LogP contribution in [-0.2, 0) is 13.1 Å². The lowest BCUT2D eigenvalue weighted by Crippen LogP contribution is -2.28. The zero-order chi connectivity index (χ0) is 22.2. The first-order valence-electron chi connectivity index (χ1n) is 10.4. The molecule has 4 N–H and O–H groups in total. The SMILES string of the molecule is O=C(NCc1ccccc1)Nc1cccc2c(NC(=O)NCc3ccccc3)cccc12. The molecule has 0 aromatic heterocycles. The van der Waals surface area contributed by atoms with E-state index in [1.807, 2.05) is 97.1 Å². The average molecular weight is 425 g/mol. The van der Waals surface area contributed by atoms with Gasteiger partial charge in [-0.3, -0.25) is 0 Å². The fourth-order valence-corrected chi connectivity index (χ4v) is 3.42. The van der Waals surface area contributed by atoms with Gasteiger partial charge in [-0.05, 0) is 23.3 Å². The van der Waals surface area contributed by atoms with Gasteiger partial charge in [0.1, 0.15) is 0 Å². The highest BCUT2D eigenvalue weighted by molar-refractivity contribution is 6.08. The first-order chi connectivity index (χ1) is 15.7. The highest BCUT2D eigenvalue weighted by Crippen LogP contribution is 2.29. The fourth-order valence-electron chi connectivity index (χ4n) is 3.42. The predicted octanol–water partition coefficient (Wildman–Crippen LogP) is 5.48. The number of amides is 4. The average Bonchev–Trinajstić information content (AvgIpc) is 2.83. The van der Waals surface area contributed by atoms with Gasteiger partial charge in [0.15, 0.2) is 0 Å². The molecular formula is C26H24N4O2. The Hall–Kier alpha value is -4.32. The number of rotatable bonds is 6. The van der Waals surface area contributed by atoms with Crippen LogP contribution in [0.1, 0.15) is 11.1 Å². The summed E-state index contributed by atoms with van der Waals surface area (Å²) in [6, 6.07) is 30.1. The van der Waals surface area contributed by atoms with Crippen LogP contribution in [0.25, 0.3) is 10.8 Å². The van der Waals surface area contributed by atoms with Gasteiger partial charge in [-0.1, -0.05) is 84.9 Å². The van der Waals surface area contributed by atoms with Crippen molar-refractivity contribution >= 4 is 34.2 Å². The number of carbonyl (C=O) groups is 2. The second kappa shape index (κ2) is 10.1. The van der Waals surface area contributed by atoms with Crippen molar-refractivity contribution in [2.75, 3.05) is 10.6 Å².